The lowest BCUT2D eigenvalue weighted by Gasteiger charge is -2.10. The molecule has 3 nitrogen and oxygen atoms in total. The maximum absolute atomic E-state index is 12.1. The number of nitrogens with one attached hydrogen (secondary N) is 1. The average molecular weight is 343 g/mol. The fourth-order valence-electron chi connectivity index (χ4n) is 2.00. The number of halogens is 3. The van der Waals surface area contributed by atoms with Gasteiger partial charge in [-0.1, -0.05) is 12.1 Å². The van der Waals surface area contributed by atoms with Gasteiger partial charge in [-0.2, -0.15) is 13.2 Å². The van der Waals surface area contributed by atoms with Crippen molar-refractivity contribution in [3.8, 4) is 5.75 Å². The monoisotopic (exact) mass is 343 g/mol. The van der Waals surface area contributed by atoms with Crippen LogP contribution >= 0.6 is 11.3 Å². The van der Waals surface area contributed by atoms with Crippen molar-refractivity contribution >= 4 is 17.2 Å². The number of ether oxygens (including phenoxy) is 1. The van der Waals surface area contributed by atoms with Gasteiger partial charge in [0.1, 0.15) is 5.75 Å². The zero-order valence-electron chi connectivity index (χ0n) is 12.7. The summed E-state index contributed by atoms with van der Waals surface area (Å²) in [6, 6.07) is 7.99. The first kappa shape index (κ1) is 17.3. The number of amides is 1. The standard InChI is InChI=1S/C16H16F3NO2S/c1-10-7-14(11(2)23-10)15(21)20-8-12-3-5-13(6-4-12)22-9-16(17,18)19/h3-7H,8-9H2,1-2H3,(H,20,21). The molecular formula is C16H16F3NO2S. The van der Waals surface area contributed by atoms with Crippen LogP contribution in [0.5, 0.6) is 5.75 Å². The molecule has 124 valence electrons. The summed E-state index contributed by atoms with van der Waals surface area (Å²) in [6.45, 7) is 2.81. The van der Waals surface area contributed by atoms with Crippen LogP contribution in [0, 0.1) is 13.8 Å². The Morgan fingerprint density at radius 1 is 1.22 bits per heavy atom. The van der Waals surface area contributed by atoms with E-state index in [-0.39, 0.29) is 11.7 Å². The van der Waals surface area contributed by atoms with E-state index < -0.39 is 12.8 Å². The molecule has 2 rings (SSSR count). The van der Waals surface area contributed by atoms with Crippen molar-refractivity contribution in [2.24, 2.45) is 0 Å². The predicted molar refractivity (Wildman–Crippen MR) is 83.0 cm³/mol. The first-order valence-electron chi connectivity index (χ1n) is 6.88. The molecule has 1 aromatic carbocycles. The topological polar surface area (TPSA) is 38.3 Å². The van der Waals surface area contributed by atoms with Crippen LogP contribution in [0.25, 0.3) is 0 Å². The van der Waals surface area contributed by atoms with E-state index in [1.807, 2.05) is 19.9 Å². The second-order valence-corrected chi connectivity index (χ2v) is 6.52. The summed E-state index contributed by atoms with van der Waals surface area (Å²) in [4.78, 5) is 14.1. The number of rotatable bonds is 5. The smallest absolute Gasteiger partial charge is 0.422 e. The Balaban J connectivity index is 1.89. The van der Waals surface area contributed by atoms with Gasteiger partial charge >= 0.3 is 6.18 Å². The van der Waals surface area contributed by atoms with E-state index in [0.717, 1.165) is 15.3 Å². The Kier molecular flexibility index (Phi) is 5.30. The zero-order chi connectivity index (χ0) is 17.0. The summed E-state index contributed by atoms with van der Waals surface area (Å²) in [5, 5.41) is 2.79. The third-order valence-electron chi connectivity index (χ3n) is 3.06. The number of carbonyl (C=O) groups is 1. The summed E-state index contributed by atoms with van der Waals surface area (Å²) < 4.78 is 40.8. The second kappa shape index (κ2) is 7.04. The van der Waals surface area contributed by atoms with Gasteiger partial charge in [0.2, 0.25) is 0 Å². The maximum atomic E-state index is 12.1. The molecule has 0 saturated heterocycles. The van der Waals surface area contributed by atoms with Crippen LogP contribution in [0.4, 0.5) is 13.2 Å². The molecule has 0 aliphatic heterocycles. The predicted octanol–water partition coefficient (Wildman–Crippen LogP) is 4.24. The molecule has 0 fully saturated rings. The molecule has 2 aromatic rings. The second-order valence-electron chi connectivity index (χ2n) is 5.06. The summed E-state index contributed by atoms with van der Waals surface area (Å²) in [5.74, 6) is -0.0223. The molecule has 0 radical (unpaired) electrons. The van der Waals surface area contributed by atoms with Gasteiger partial charge < -0.3 is 10.1 Å². The number of aryl methyl sites for hydroxylation is 2. The molecule has 1 amide bonds. The van der Waals surface area contributed by atoms with Crippen molar-refractivity contribution in [1.29, 1.82) is 0 Å². The van der Waals surface area contributed by atoms with Crippen molar-refractivity contribution < 1.29 is 22.7 Å². The number of alkyl halides is 3. The third kappa shape index (κ3) is 5.28. The highest BCUT2D eigenvalue weighted by Crippen LogP contribution is 2.21. The Bertz CT molecular complexity index is 678. The normalized spacial score (nSPS) is 11.3. The van der Waals surface area contributed by atoms with Gasteiger partial charge in [0.15, 0.2) is 6.61 Å². The van der Waals surface area contributed by atoms with Crippen LogP contribution in [0.1, 0.15) is 25.7 Å². The SMILES string of the molecule is Cc1cc(C(=O)NCc2ccc(OCC(F)(F)F)cc2)c(C)s1. The summed E-state index contributed by atoms with van der Waals surface area (Å²) in [5.41, 5.74) is 1.43. The summed E-state index contributed by atoms with van der Waals surface area (Å²) in [6.07, 6.45) is -4.36. The highest BCUT2D eigenvalue weighted by atomic mass is 32.1. The Morgan fingerprint density at radius 3 is 2.39 bits per heavy atom. The number of carbonyl (C=O) groups excluding carboxylic acids is 1. The molecule has 7 heteroatoms. The fourth-order valence-corrected chi connectivity index (χ4v) is 2.92. The molecule has 0 saturated carbocycles. The molecule has 1 N–H and O–H groups in total. The molecule has 1 aromatic heterocycles. The number of thiophene rings is 1. The lowest BCUT2D eigenvalue weighted by molar-refractivity contribution is -0.153. The fraction of sp³-hybridized carbons (Fsp3) is 0.312. The van der Waals surface area contributed by atoms with Crippen molar-refractivity contribution in [2.45, 2.75) is 26.6 Å². The molecule has 0 spiro atoms. The number of hydrogen-bond donors (Lipinski definition) is 1. The van der Waals surface area contributed by atoms with Crippen LogP contribution in [0.2, 0.25) is 0 Å². The van der Waals surface area contributed by atoms with E-state index in [1.165, 1.54) is 12.1 Å². The minimum absolute atomic E-state index is 0.140. The minimum Gasteiger partial charge on any atom is -0.484 e. The van der Waals surface area contributed by atoms with E-state index in [2.05, 4.69) is 10.1 Å². The minimum atomic E-state index is -4.36. The van der Waals surface area contributed by atoms with E-state index in [9.17, 15) is 18.0 Å². The maximum Gasteiger partial charge on any atom is 0.422 e. The molecule has 0 unspecified atom stereocenters. The molecular weight excluding hydrogens is 327 g/mol. The van der Waals surface area contributed by atoms with Gasteiger partial charge in [0.25, 0.3) is 5.91 Å². The Labute approximate surface area is 136 Å². The van der Waals surface area contributed by atoms with Gasteiger partial charge in [0, 0.05) is 16.3 Å². The Morgan fingerprint density at radius 2 is 1.87 bits per heavy atom. The van der Waals surface area contributed by atoms with E-state index in [1.54, 1.807) is 23.5 Å². The molecule has 23 heavy (non-hydrogen) atoms. The summed E-state index contributed by atoms with van der Waals surface area (Å²) >= 11 is 1.56. The van der Waals surface area contributed by atoms with Crippen molar-refractivity contribution in [3.63, 3.8) is 0 Å². The van der Waals surface area contributed by atoms with Gasteiger partial charge in [-0.05, 0) is 37.6 Å². The molecule has 0 atom stereocenters. The largest absolute Gasteiger partial charge is 0.484 e. The number of hydrogen-bond acceptors (Lipinski definition) is 3. The highest BCUT2D eigenvalue weighted by Gasteiger charge is 2.28. The van der Waals surface area contributed by atoms with Crippen LogP contribution in [-0.4, -0.2) is 18.7 Å². The Hall–Kier alpha value is -2.02. The quantitative estimate of drug-likeness (QED) is 0.882. The highest BCUT2D eigenvalue weighted by molar-refractivity contribution is 7.12. The van der Waals surface area contributed by atoms with Gasteiger partial charge in [0.05, 0.1) is 5.56 Å². The number of benzene rings is 1. The van der Waals surface area contributed by atoms with Crippen LogP contribution < -0.4 is 10.1 Å². The van der Waals surface area contributed by atoms with Crippen molar-refractivity contribution in [3.05, 3.63) is 51.2 Å². The first-order chi connectivity index (χ1) is 10.7. The lowest BCUT2D eigenvalue weighted by Crippen LogP contribution is -2.23. The molecule has 0 bridgehead atoms. The van der Waals surface area contributed by atoms with E-state index >= 15 is 0 Å². The molecule has 0 aliphatic carbocycles. The third-order valence-corrected chi connectivity index (χ3v) is 4.03. The molecule has 0 aliphatic rings. The van der Waals surface area contributed by atoms with Gasteiger partial charge in [-0.15, -0.1) is 11.3 Å². The van der Waals surface area contributed by atoms with Crippen LogP contribution in [0.15, 0.2) is 30.3 Å². The summed E-state index contributed by atoms with van der Waals surface area (Å²) in [7, 11) is 0. The van der Waals surface area contributed by atoms with Crippen LogP contribution in [0.3, 0.4) is 0 Å². The van der Waals surface area contributed by atoms with E-state index in [0.29, 0.717) is 12.1 Å². The van der Waals surface area contributed by atoms with Crippen molar-refractivity contribution in [2.75, 3.05) is 6.61 Å². The lowest BCUT2D eigenvalue weighted by atomic mass is 10.2. The van der Waals surface area contributed by atoms with Gasteiger partial charge in [-0.25, -0.2) is 0 Å². The average Bonchev–Trinajstić information content (AvgIpc) is 2.82. The van der Waals surface area contributed by atoms with Crippen molar-refractivity contribution in [1.82, 2.24) is 5.32 Å². The zero-order valence-corrected chi connectivity index (χ0v) is 13.5. The van der Waals surface area contributed by atoms with Crippen LogP contribution in [-0.2, 0) is 6.54 Å². The first-order valence-corrected chi connectivity index (χ1v) is 7.70. The van der Waals surface area contributed by atoms with E-state index in [4.69, 9.17) is 0 Å². The van der Waals surface area contributed by atoms with Gasteiger partial charge in [-0.3, -0.25) is 4.79 Å². The molecule has 1 heterocycles.